The molecule has 3 heterocycles. The molecule has 0 spiro atoms. The Morgan fingerprint density at radius 3 is 1.63 bits per heavy atom. The van der Waals surface area contributed by atoms with Crippen molar-refractivity contribution in [1.82, 2.24) is 0 Å². The zero-order valence-electron chi connectivity index (χ0n) is 38.8. The summed E-state index contributed by atoms with van der Waals surface area (Å²) >= 11 is 0. The second kappa shape index (κ2) is 12.7. The number of nitrogens with zero attached hydrogens (tertiary/aromatic N) is 2. The number of furan rings is 1. The lowest BCUT2D eigenvalue weighted by Gasteiger charge is -2.44. The summed E-state index contributed by atoms with van der Waals surface area (Å²) in [7, 11) is 0. The molecule has 0 saturated heterocycles. The molecule has 5 aromatic carbocycles. The van der Waals surface area contributed by atoms with Gasteiger partial charge in [0.2, 0.25) is 0 Å². The molecule has 0 N–H and O–H groups in total. The Morgan fingerprint density at radius 1 is 0.542 bits per heavy atom. The van der Waals surface area contributed by atoms with Crippen LogP contribution in [0.25, 0.3) is 11.0 Å². The molecule has 0 unspecified atom stereocenters. The lowest BCUT2D eigenvalue weighted by Crippen LogP contribution is -2.61. The molecule has 0 radical (unpaired) electrons. The molecule has 3 nitrogen and oxygen atoms in total. The van der Waals surface area contributed by atoms with E-state index in [1.807, 2.05) is 0 Å². The summed E-state index contributed by atoms with van der Waals surface area (Å²) in [5.74, 6) is 0. The summed E-state index contributed by atoms with van der Waals surface area (Å²) in [5, 5.41) is 1.21. The molecule has 59 heavy (non-hydrogen) atoms. The minimum Gasteiger partial charge on any atom is -0.468 e. The lowest BCUT2D eigenvalue weighted by molar-refractivity contribution is 0.332. The first-order valence-electron chi connectivity index (χ1n) is 22.1. The number of aryl methyl sites for hydroxylation is 3. The van der Waals surface area contributed by atoms with Crippen molar-refractivity contribution < 1.29 is 4.42 Å². The van der Waals surface area contributed by atoms with E-state index in [1.165, 1.54) is 95.7 Å². The molecule has 304 valence electrons. The Kier molecular flexibility index (Phi) is 8.53. The Bertz CT molecular complexity index is 2680. The molecule has 4 heteroatoms. The maximum absolute atomic E-state index is 7.49. The average Bonchev–Trinajstić information content (AvgIpc) is 3.50. The maximum atomic E-state index is 7.49. The van der Waals surface area contributed by atoms with Gasteiger partial charge in [0.15, 0.2) is 0 Å². The van der Waals surface area contributed by atoms with E-state index in [0.717, 1.165) is 23.4 Å². The second-order valence-corrected chi connectivity index (χ2v) is 22.8. The van der Waals surface area contributed by atoms with E-state index in [9.17, 15) is 0 Å². The van der Waals surface area contributed by atoms with Crippen LogP contribution in [0, 0.1) is 20.8 Å². The zero-order chi connectivity index (χ0) is 42.5. The van der Waals surface area contributed by atoms with Gasteiger partial charge in [0.05, 0.1) is 17.0 Å². The molecule has 1 aliphatic carbocycles. The van der Waals surface area contributed by atoms with Crippen LogP contribution in [0.5, 0.6) is 0 Å². The van der Waals surface area contributed by atoms with Crippen LogP contribution in [-0.4, -0.2) is 6.71 Å². The normalized spacial score (nSPS) is 16.8. The van der Waals surface area contributed by atoms with Crippen molar-refractivity contribution in [2.45, 2.75) is 151 Å². The monoisotopic (exact) mass is 781 g/mol. The Labute approximate surface area is 355 Å². The van der Waals surface area contributed by atoms with Crippen LogP contribution < -0.4 is 26.4 Å². The van der Waals surface area contributed by atoms with E-state index >= 15 is 0 Å². The van der Waals surface area contributed by atoms with Gasteiger partial charge in [-0.2, -0.15) is 0 Å². The molecule has 3 aliphatic rings. The highest BCUT2D eigenvalue weighted by atomic mass is 16.3. The zero-order valence-corrected chi connectivity index (χ0v) is 38.8. The van der Waals surface area contributed by atoms with E-state index in [4.69, 9.17) is 4.42 Å². The number of fused-ring (bicyclic) bond motifs is 7. The van der Waals surface area contributed by atoms with Crippen molar-refractivity contribution in [1.29, 1.82) is 0 Å². The van der Waals surface area contributed by atoms with Crippen molar-refractivity contribution in [2.24, 2.45) is 0 Å². The van der Waals surface area contributed by atoms with Crippen molar-refractivity contribution in [3.8, 4) is 0 Å². The van der Waals surface area contributed by atoms with Crippen LogP contribution in [-0.2, 0) is 27.1 Å². The first-order valence-corrected chi connectivity index (χ1v) is 22.1. The molecule has 0 atom stereocenters. The molecule has 6 aromatic rings. The highest BCUT2D eigenvalue weighted by molar-refractivity contribution is 7.00. The summed E-state index contributed by atoms with van der Waals surface area (Å²) in [6.07, 6.45) is 2.33. The van der Waals surface area contributed by atoms with Crippen molar-refractivity contribution in [3.63, 3.8) is 0 Å². The smallest absolute Gasteiger partial charge is 0.297 e. The molecule has 0 saturated carbocycles. The number of anilines is 6. The van der Waals surface area contributed by atoms with Gasteiger partial charge in [-0.15, -0.1) is 0 Å². The van der Waals surface area contributed by atoms with Crippen LogP contribution >= 0.6 is 0 Å². The van der Waals surface area contributed by atoms with Crippen molar-refractivity contribution in [3.05, 3.63) is 123 Å². The summed E-state index contributed by atoms with van der Waals surface area (Å²) in [6.45, 7) is 37.4. The van der Waals surface area contributed by atoms with Gasteiger partial charge in [0.25, 0.3) is 6.71 Å². The van der Waals surface area contributed by atoms with E-state index < -0.39 is 0 Å². The lowest BCUT2D eigenvalue weighted by atomic mass is 9.35. The Hall–Kier alpha value is -4.70. The molecule has 2 aliphatic heterocycles. The topological polar surface area (TPSA) is 19.6 Å². The molecule has 0 bridgehead atoms. The van der Waals surface area contributed by atoms with Crippen LogP contribution in [0.4, 0.5) is 34.1 Å². The number of benzene rings is 5. The number of rotatable bonds is 2. The predicted molar refractivity (Wildman–Crippen MR) is 256 cm³/mol. The van der Waals surface area contributed by atoms with E-state index in [-0.39, 0.29) is 33.8 Å². The van der Waals surface area contributed by atoms with Gasteiger partial charge in [-0.05, 0) is 159 Å². The minimum absolute atomic E-state index is 0.0289. The quantitative estimate of drug-likeness (QED) is 0.163. The first kappa shape index (κ1) is 39.7. The molecular formula is C55H65BN2O. The van der Waals surface area contributed by atoms with Crippen molar-refractivity contribution >= 4 is 68.4 Å². The highest BCUT2D eigenvalue weighted by Crippen LogP contribution is 2.52. The summed E-state index contributed by atoms with van der Waals surface area (Å²) < 4.78 is 7.49. The standard InChI is InChI=1S/C55H65BN2O/c1-32-25-44-47-45(26-32)58(48-33(2)27-37(28-34(48)3)53(10,11)12)43-22-19-36(52(7,8)9)29-42(43)56(47)50-49(57(44)38-20-17-35(18-21-38)51(4,5)6)39-30-40-41(31-46(39)59-50)55(15,16)24-23-54(40,13)14/h17-22,25-31H,23-24H2,1-16H3. The maximum Gasteiger partial charge on any atom is 0.297 e. The van der Waals surface area contributed by atoms with E-state index in [2.05, 4.69) is 199 Å². The minimum atomic E-state index is -0.0887. The predicted octanol–water partition coefficient (Wildman–Crippen LogP) is 13.7. The fourth-order valence-corrected chi connectivity index (χ4v) is 10.5. The molecule has 9 rings (SSSR count). The van der Waals surface area contributed by atoms with Gasteiger partial charge in [0.1, 0.15) is 5.58 Å². The molecule has 1 aromatic heterocycles. The summed E-state index contributed by atoms with van der Waals surface area (Å²) in [5.41, 5.74) is 22.9. The third kappa shape index (κ3) is 6.13. The largest absolute Gasteiger partial charge is 0.468 e. The molecule has 0 fully saturated rings. The fourth-order valence-electron chi connectivity index (χ4n) is 10.5. The third-order valence-corrected chi connectivity index (χ3v) is 14.2. The molecule has 0 amide bonds. The molecular weight excluding hydrogens is 715 g/mol. The van der Waals surface area contributed by atoms with Crippen LogP contribution in [0.3, 0.4) is 0 Å². The Morgan fingerprint density at radius 2 is 1.07 bits per heavy atom. The first-order chi connectivity index (χ1) is 27.4. The average molecular weight is 781 g/mol. The fraction of sp³-hybridized carbons (Fsp3) is 0.418. The highest BCUT2D eigenvalue weighted by Gasteiger charge is 2.48. The Balaban J connectivity index is 1.42. The van der Waals surface area contributed by atoms with Gasteiger partial charge in [-0.3, -0.25) is 0 Å². The van der Waals surface area contributed by atoms with Gasteiger partial charge >= 0.3 is 0 Å². The van der Waals surface area contributed by atoms with Crippen LogP contribution in [0.15, 0.2) is 83.3 Å². The second-order valence-electron chi connectivity index (χ2n) is 22.8. The van der Waals surface area contributed by atoms with Gasteiger partial charge in [0, 0.05) is 28.1 Å². The van der Waals surface area contributed by atoms with Gasteiger partial charge in [-0.25, -0.2) is 0 Å². The number of hydrogen-bond acceptors (Lipinski definition) is 3. The number of hydrogen-bond donors (Lipinski definition) is 0. The van der Waals surface area contributed by atoms with Gasteiger partial charge in [-0.1, -0.05) is 126 Å². The summed E-state index contributed by atoms with van der Waals surface area (Å²) in [4.78, 5) is 5.15. The summed E-state index contributed by atoms with van der Waals surface area (Å²) in [6, 6.07) is 31.3. The van der Waals surface area contributed by atoms with Crippen molar-refractivity contribution in [2.75, 3.05) is 9.80 Å². The van der Waals surface area contributed by atoms with Crippen LogP contribution in [0.2, 0.25) is 0 Å². The van der Waals surface area contributed by atoms with E-state index in [0.29, 0.717) is 0 Å². The third-order valence-electron chi connectivity index (χ3n) is 14.2. The van der Waals surface area contributed by atoms with Gasteiger partial charge < -0.3 is 14.2 Å². The van der Waals surface area contributed by atoms with E-state index in [1.54, 1.807) is 0 Å². The van der Waals surface area contributed by atoms with Crippen LogP contribution in [0.1, 0.15) is 147 Å². The SMILES string of the molecule is Cc1cc2c3c(c1)N(c1ccc(C(C)(C)C)cc1)c1c(oc4cc5c(cc14)C(C)(C)CCC5(C)C)B3c1cc(C(C)(C)C)ccc1N2c1c(C)cc(C(C)(C)C)cc1C.